The smallest absolute Gasteiger partial charge is 0.242 e. The SMILES string of the molecule is COc1cc(CNc2nnnn2C)cc(Cl)c1OC. The molecule has 0 aliphatic heterocycles. The van der Waals surface area contributed by atoms with Crippen LogP contribution in [0.15, 0.2) is 12.1 Å². The second-order valence-electron chi connectivity index (χ2n) is 3.79. The van der Waals surface area contributed by atoms with Gasteiger partial charge < -0.3 is 14.8 Å². The van der Waals surface area contributed by atoms with Gasteiger partial charge in [0.05, 0.1) is 19.2 Å². The van der Waals surface area contributed by atoms with E-state index in [0.29, 0.717) is 29.0 Å². The van der Waals surface area contributed by atoms with Gasteiger partial charge in [0, 0.05) is 13.6 Å². The normalized spacial score (nSPS) is 10.3. The summed E-state index contributed by atoms with van der Waals surface area (Å²) in [6.45, 7) is 0.522. The third-order valence-corrected chi connectivity index (χ3v) is 2.84. The fraction of sp³-hybridized carbons (Fsp3) is 0.364. The van der Waals surface area contributed by atoms with Gasteiger partial charge in [-0.05, 0) is 28.1 Å². The van der Waals surface area contributed by atoms with E-state index >= 15 is 0 Å². The molecule has 0 fully saturated rings. The zero-order valence-electron chi connectivity index (χ0n) is 10.8. The maximum absolute atomic E-state index is 6.13. The first kappa shape index (κ1) is 13.4. The van der Waals surface area contributed by atoms with Gasteiger partial charge in [0.15, 0.2) is 11.5 Å². The molecule has 1 N–H and O–H groups in total. The van der Waals surface area contributed by atoms with E-state index in [4.69, 9.17) is 21.1 Å². The van der Waals surface area contributed by atoms with Gasteiger partial charge in [-0.25, -0.2) is 4.68 Å². The Labute approximate surface area is 115 Å². The lowest BCUT2D eigenvalue weighted by Gasteiger charge is -2.12. The molecule has 2 aromatic rings. The number of nitrogens with zero attached hydrogens (tertiary/aromatic N) is 4. The van der Waals surface area contributed by atoms with Crippen LogP contribution in [0.3, 0.4) is 0 Å². The first-order chi connectivity index (χ1) is 9.15. The van der Waals surface area contributed by atoms with Crippen molar-refractivity contribution in [1.82, 2.24) is 20.2 Å². The summed E-state index contributed by atoms with van der Waals surface area (Å²) in [7, 11) is 4.87. The van der Waals surface area contributed by atoms with Gasteiger partial charge in [-0.2, -0.15) is 0 Å². The number of hydrogen-bond acceptors (Lipinski definition) is 6. The predicted molar refractivity (Wildman–Crippen MR) is 70.7 cm³/mol. The van der Waals surface area contributed by atoms with E-state index in [1.165, 1.54) is 0 Å². The highest BCUT2D eigenvalue weighted by molar-refractivity contribution is 6.32. The van der Waals surface area contributed by atoms with E-state index in [9.17, 15) is 0 Å². The van der Waals surface area contributed by atoms with Crippen LogP contribution in [-0.4, -0.2) is 34.4 Å². The van der Waals surface area contributed by atoms with Crippen molar-refractivity contribution in [2.24, 2.45) is 7.05 Å². The topological polar surface area (TPSA) is 74.1 Å². The number of ether oxygens (including phenoxy) is 2. The molecule has 1 aromatic carbocycles. The minimum absolute atomic E-state index is 0.495. The van der Waals surface area contributed by atoms with Gasteiger partial charge in [0.2, 0.25) is 5.95 Å². The van der Waals surface area contributed by atoms with Crippen LogP contribution in [0.4, 0.5) is 5.95 Å². The Hall–Kier alpha value is -2.02. The number of aromatic nitrogens is 4. The Morgan fingerprint density at radius 2 is 2.11 bits per heavy atom. The van der Waals surface area contributed by atoms with Gasteiger partial charge in [0.25, 0.3) is 0 Å². The van der Waals surface area contributed by atoms with Crippen LogP contribution < -0.4 is 14.8 Å². The molecule has 0 aliphatic rings. The maximum Gasteiger partial charge on any atom is 0.242 e. The van der Waals surface area contributed by atoms with E-state index in [1.807, 2.05) is 6.07 Å². The van der Waals surface area contributed by atoms with E-state index in [2.05, 4.69) is 20.8 Å². The van der Waals surface area contributed by atoms with Gasteiger partial charge in [-0.1, -0.05) is 16.7 Å². The molecular weight excluding hydrogens is 270 g/mol. The average Bonchev–Trinajstić information content (AvgIpc) is 2.81. The molecule has 1 heterocycles. The number of methoxy groups -OCH3 is 2. The van der Waals surface area contributed by atoms with Crippen molar-refractivity contribution in [3.8, 4) is 11.5 Å². The lowest BCUT2D eigenvalue weighted by atomic mass is 10.2. The summed E-state index contributed by atoms with van der Waals surface area (Å²) >= 11 is 6.13. The summed E-state index contributed by atoms with van der Waals surface area (Å²) in [5.74, 6) is 1.68. The monoisotopic (exact) mass is 283 g/mol. The van der Waals surface area contributed by atoms with Gasteiger partial charge in [-0.3, -0.25) is 0 Å². The molecule has 0 aliphatic carbocycles. The van der Waals surface area contributed by atoms with E-state index in [1.54, 1.807) is 32.0 Å². The molecule has 0 saturated carbocycles. The van der Waals surface area contributed by atoms with E-state index < -0.39 is 0 Å². The molecule has 8 heteroatoms. The van der Waals surface area contributed by atoms with Crippen molar-refractivity contribution >= 4 is 17.5 Å². The first-order valence-electron chi connectivity index (χ1n) is 5.52. The van der Waals surface area contributed by atoms with Crippen LogP contribution in [0.25, 0.3) is 0 Å². The highest BCUT2D eigenvalue weighted by Crippen LogP contribution is 2.36. The molecule has 0 bridgehead atoms. The maximum atomic E-state index is 6.13. The second-order valence-corrected chi connectivity index (χ2v) is 4.20. The third-order valence-electron chi connectivity index (χ3n) is 2.56. The minimum Gasteiger partial charge on any atom is -0.493 e. The molecular formula is C11H14ClN5O2. The molecule has 0 spiro atoms. The third kappa shape index (κ3) is 2.87. The van der Waals surface area contributed by atoms with Gasteiger partial charge in [0.1, 0.15) is 0 Å². The zero-order chi connectivity index (χ0) is 13.8. The summed E-state index contributed by atoms with van der Waals surface area (Å²) in [5.41, 5.74) is 0.936. The van der Waals surface area contributed by atoms with E-state index in [-0.39, 0.29) is 0 Å². The van der Waals surface area contributed by atoms with Crippen molar-refractivity contribution in [2.75, 3.05) is 19.5 Å². The highest BCUT2D eigenvalue weighted by Gasteiger charge is 2.11. The number of benzene rings is 1. The zero-order valence-corrected chi connectivity index (χ0v) is 11.6. The predicted octanol–water partition coefficient (Wildman–Crippen LogP) is 1.49. The molecule has 7 nitrogen and oxygen atoms in total. The molecule has 0 saturated heterocycles. The largest absolute Gasteiger partial charge is 0.493 e. The van der Waals surface area contributed by atoms with Crippen LogP contribution in [-0.2, 0) is 13.6 Å². The molecule has 0 amide bonds. The van der Waals surface area contributed by atoms with Crippen LogP contribution in [0, 0.1) is 0 Å². The van der Waals surface area contributed by atoms with Crippen LogP contribution in [0.5, 0.6) is 11.5 Å². The van der Waals surface area contributed by atoms with Gasteiger partial charge in [-0.15, -0.1) is 0 Å². The number of anilines is 1. The fourth-order valence-electron chi connectivity index (χ4n) is 1.63. The number of tetrazole rings is 1. The second kappa shape index (κ2) is 5.75. The first-order valence-corrected chi connectivity index (χ1v) is 5.90. The summed E-state index contributed by atoms with van der Waals surface area (Å²) in [6, 6.07) is 3.65. The van der Waals surface area contributed by atoms with Crippen molar-refractivity contribution in [3.63, 3.8) is 0 Å². The minimum atomic E-state index is 0.495. The summed E-state index contributed by atoms with van der Waals surface area (Å²) in [4.78, 5) is 0. The number of halogens is 1. The Morgan fingerprint density at radius 1 is 1.32 bits per heavy atom. The molecule has 1 aromatic heterocycles. The molecule has 0 unspecified atom stereocenters. The average molecular weight is 284 g/mol. The molecule has 2 rings (SSSR count). The molecule has 19 heavy (non-hydrogen) atoms. The lowest BCUT2D eigenvalue weighted by molar-refractivity contribution is 0.355. The number of hydrogen-bond donors (Lipinski definition) is 1. The Bertz CT molecular complexity index is 572. The molecule has 0 atom stereocenters. The lowest BCUT2D eigenvalue weighted by Crippen LogP contribution is -2.06. The Morgan fingerprint density at radius 3 is 2.68 bits per heavy atom. The summed E-state index contributed by atoms with van der Waals surface area (Å²) < 4.78 is 12.0. The van der Waals surface area contributed by atoms with Crippen molar-refractivity contribution in [1.29, 1.82) is 0 Å². The van der Waals surface area contributed by atoms with Crippen LogP contribution >= 0.6 is 11.6 Å². The van der Waals surface area contributed by atoms with Crippen molar-refractivity contribution < 1.29 is 9.47 Å². The van der Waals surface area contributed by atoms with Crippen molar-refractivity contribution in [2.45, 2.75) is 6.54 Å². The number of nitrogens with one attached hydrogen (secondary N) is 1. The Kier molecular flexibility index (Phi) is 4.06. The summed E-state index contributed by atoms with van der Waals surface area (Å²) in [6.07, 6.45) is 0. The number of aryl methyl sites for hydroxylation is 1. The molecule has 0 radical (unpaired) electrons. The van der Waals surface area contributed by atoms with Crippen LogP contribution in [0.1, 0.15) is 5.56 Å². The van der Waals surface area contributed by atoms with Crippen LogP contribution in [0.2, 0.25) is 5.02 Å². The number of rotatable bonds is 5. The standard InChI is InChI=1S/C11H14ClN5O2/c1-17-11(14-15-16-17)13-6-7-4-8(12)10(19-3)9(5-7)18-2/h4-5H,6H2,1-3H3,(H,13,14,16). The highest BCUT2D eigenvalue weighted by atomic mass is 35.5. The fourth-order valence-corrected chi connectivity index (χ4v) is 1.94. The Balaban J connectivity index is 2.17. The summed E-state index contributed by atoms with van der Waals surface area (Å²) in [5, 5.41) is 14.7. The van der Waals surface area contributed by atoms with Gasteiger partial charge >= 0.3 is 0 Å². The quantitative estimate of drug-likeness (QED) is 0.896. The van der Waals surface area contributed by atoms with E-state index in [0.717, 1.165) is 5.56 Å². The van der Waals surface area contributed by atoms with Crippen molar-refractivity contribution in [3.05, 3.63) is 22.7 Å². The molecule has 102 valence electrons.